The Labute approximate surface area is 160 Å². The number of aromatic amines is 1. The predicted molar refractivity (Wildman–Crippen MR) is 110 cm³/mol. The van der Waals surface area contributed by atoms with Crippen molar-refractivity contribution in [2.75, 3.05) is 5.32 Å². The zero-order valence-corrected chi connectivity index (χ0v) is 15.2. The van der Waals surface area contributed by atoms with Crippen LogP contribution in [0.5, 0.6) is 0 Å². The third-order valence-corrected chi connectivity index (χ3v) is 4.73. The number of nitrogens with one attached hydrogen (secondary N) is 2. The summed E-state index contributed by atoms with van der Waals surface area (Å²) in [5.74, 6) is 0.546. The molecule has 3 aromatic heterocycles. The number of amides is 1. The molecule has 1 amide bonds. The Morgan fingerprint density at radius 3 is 2.79 bits per heavy atom. The standard InChI is InChI=1S/C22H17N5O/c1-14-6-7-15-11-19(26-18(15)10-14)22(28)25-16-8-9-21(23-12-16)27-13-24-17-4-2-3-5-20(17)27/h2-13,26H,1H3,(H,25,28). The van der Waals surface area contributed by atoms with Crippen molar-refractivity contribution in [1.82, 2.24) is 19.5 Å². The molecule has 6 nitrogen and oxygen atoms in total. The van der Waals surface area contributed by atoms with E-state index in [2.05, 4.69) is 20.3 Å². The summed E-state index contributed by atoms with van der Waals surface area (Å²) in [6.45, 7) is 2.02. The van der Waals surface area contributed by atoms with Crippen LogP contribution in [-0.4, -0.2) is 25.4 Å². The molecule has 3 heterocycles. The van der Waals surface area contributed by atoms with E-state index in [1.165, 1.54) is 0 Å². The van der Waals surface area contributed by atoms with Crippen molar-refractivity contribution in [2.45, 2.75) is 6.92 Å². The average molecular weight is 367 g/mol. The fourth-order valence-corrected chi connectivity index (χ4v) is 3.31. The monoisotopic (exact) mass is 367 g/mol. The molecule has 0 bridgehead atoms. The Hall–Kier alpha value is -3.93. The molecule has 2 aromatic carbocycles. The van der Waals surface area contributed by atoms with E-state index in [0.29, 0.717) is 11.4 Å². The van der Waals surface area contributed by atoms with Crippen LogP contribution in [0.1, 0.15) is 16.1 Å². The van der Waals surface area contributed by atoms with Crippen LogP contribution in [-0.2, 0) is 0 Å². The van der Waals surface area contributed by atoms with Gasteiger partial charge in [0.25, 0.3) is 5.91 Å². The summed E-state index contributed by atoms with van der Waals surface area (Å²) < 4.78 is 1.92. The van der Waals surface area contributed by atoms with Crippen LogP contribution in [0.4, 0.5) is 5.69 Å². The second-order valence-electron chi connectivity index (χ2n) is 6.74. The van der Waals surface area contributed by atoms with Crippen LogP contribution in [0, 0.1) is 6.92 Å². The molecule has 0 radical (unpaired) electrons. The molecule has 5 aromatic rings. The second-order valence-corrected chi connectivity index (χ2v) is 6.74. The molecule has 0 aliphatic heterocycles. The maximum Gasteiger partial charge on any atom is 0.272 e. The summed E-state index contributed by atoms with van der Waals surface area (Å²) in [4.78, 5) is 24.6. The van der Waals surface area contributed by atoms with Gasteiger partial charge in [0, 0.05) is 10.9 Å². The van der Waals surface area contributed by atoms with Gasteiger partial charge in [0.2, 0.25) is 0 Å². The normalized spacial score (nSPS) is 11.2. The van der Waals surface area contributed by atoms with E-state index >= 15 is 0 Å². The number of aromatic nitrogens is 4. The first-order valence-corrected chi connectivity index (χ1v) is 8.97. The lowest BCUT2D eigenvalue weighted by Crippen LogP contribution is -2.12. The number of aryl methyl sites for hydroxylation is 1. The van der Waals surface area contributed by atoms with Crippen molar-refractivity contribution in [1.29, 1.82) is 0 Å². The van der Waals surface area contributed by atoms with Crippen LogP contribution in [0.2, 0.25) is 0 Å². The van der Waals surface area contributed by atoms with Crippen molar-refractivity contribution in [3.63, 3.8) is 0 Å². The molecular weight excluding hydrogens is 350 g/mol. The molecule has 0 saturated carbocycles. The predicted octanol–water partition coefficient (Wildman–Crippen LogP) is 4.46. The maximum absolute atomic E-state index is 12.6. The fraction of sp³-hybridized carbons (Fsp3) is 0.0455. The lowest BCUT2D eigenvalue weighted by molar-refractivity contribution is 0.102. The summed E-state index contributed by atoms with van der Waals surface area (Å²) >= 11 is 0. The fourth-order valence-electron chi connectivity index (χ4n) is 3.31. The number of carbonyl (C=O) groups is 1. The van der Waals surface area contributed by atoms with Gasteiger partial charge in [0.05, 0.1) is 22.9 Å². The Balaban J connectivity index is 1.39. The summed E-state index contributed by atoms with van der Waals surface area (Å²) in [5, 5.41) is 3.90. The highest BCUT2D eigenvalue weighted by molar-refractivity contribution is 6.05. The van der Waals surface area contributed by atoms with Gasteiger partial charge in [-0.25, -0.2) is 9.97 Å². The van der Waals surface area contributed by atoms with Gasteiger partial charge in [-0.2, -0.15) is 0 Å². The smallest absolute Gasteiger partial charge is 0.272 e. The van der Waals surface area contributed by atoms with E-state index in [-0.39, 0.29) is 5.91 Å². The van der Waals surface area contributed by atoms with E-state index < -0.39 is 0 Å². The van der Waals surface area contributed by atoms with Crippen molar-refractivity contribution < 1.29 is 4.79 Å². The van der Waals surface area contributed by atoms with Crippen molar-refractivity contribution in [3.05, 3.63) is 84.4 Å². The minimum atomic E-state index is -0.198. The molecule has 0 aliphatic carbocycles. The molecule has 2 N–H and O–H groups in total. The summed E-state index contributed by atoms with van der Waals surface area (Å²) in [7, 11) is 0. The van der Waals surface area contributed by atoms with Gasteiger partial charge in [-0.05, 0) is 48.9 Å². The van der Waals surface area contributed by atoms with E-state index in [9.17, 15) is 4.79 Å². The van der Waals surface area contributed by atoms with Crippen molar-refractivity contribution in [2.24, 2.45) is 0 Å². The molecule has 0 saturated heterocycles. The number of para-hydroxylation sites is 2. The van der Waals surface area contributed by atoms with E-state index in [1.807, 2.05) is 72.2 Å². The molecule has 136 valence electrons. The minimum Gasteiger partial charge on any atom is -0.351 e. The molecule has 5 rings (SSSR count). The van der Waals surface area contributed by atoms with Crippen molar-refractivity contribution in [3.8, 4) is 5.82 Å². The van der Waals surface area contributed by atoms with Crippen LogP contribution in [0.25, 0.3) is 27.8 Å². The largest absolute Gasteiger partial charge is 0.351 e. The van der Waals surface area contributed by atoms with Crippen LogP contribution >= 0.6 is 0 Å². The average Bonchev–Trinajstić information content (AvgIpc) is 3.32. The first kappa shape index (κ1) is 16.3. The SMILES string of the molecule is Cc1ccc2cc(C(=O)Nc3ccc(-n4cnc5ccccc54)nc3)[nH]c2c1. The molecule has 6 heteroatoms. The molecule has 0 atom stereocenters. The number of H-pyrrole nitrogens is 1. The second kappa shape index (κ2) is 6.35. The van der Waals surface area contributed by atoms with Crippen LogP contribution in [0.15, 0.2) is 73.2 Å². The van der Waals surface area contributed by atoms with E-state index in [0.717, 1.165) is 33.3 Å². The first-order valence-electron chi connectivity index (χ1n) is 8.97. The third-order valence-electron chi connectivity index (χ3n) is 4.73. The number of nitrogens with zero attached hydrogens (tertiary/aromatic N) is 3. The summed E-state index contributed by atoms with van der Waals surface area (Å²) in [6, 6.07) is 19.5. The summed E-state index contributed by atoms with van der Waals surface area (Å²) in [6.07, 6.45) is 3.40. The van der Waals surface area contributed by atoms with Gasteiger partial charge in [-0.1, -0.05) is 24.3 Å². The highest BCUT2D eigenvalue weighted by atomic mass is 16.1. The number of imidazole rings is 1. The Kier molecular flexibility index (Phi) is 3.69. The summed E-state index contributed by atoms with van der Waals surface area (Å²) in [5.41, 5.74) is 5.15. The maximum atomic E-state index is 12.6. The number of benzene rings is 2. The number of rotatable bonds is 3. The zero-order chi connectivity index (χ0) is 19.1. The van der Waals surface area contributed by atoms with Gasteiger partial charge < -0.3 is 10.3 Å². The molecule has 0 spiro atoms. The Morgan fingerprint density at radius 2 is 1.93 bits per heavy atom. The number of pyridine rings is 1. The van der Waals surface area contributed by atoms with Crippen LogP contribution < -0.4 is 5.32 Å². The number of hydrogen-bond acceptors (Lipinski definition) is 3. The Bertz CT molecular complexity index is 1310. The Morgan fingerprint density at radius 1 is 1.04 bits per heavy atom. The van der Waals surface area contributed by atoms with Gasteiger partial charge in [0.1, 0.15) is 17.8 Å². The number of anilines is 1. The van der Waals surface area contributed by atoms with Gasteiger partial charge in [0.15, 0.2) is 0 Å². The third kappa shape index (κ3) is 2.81. The van der Waals surface area contributed by atoms with E-state index in [1.54, 1.807) is 12.5 Å². The molecule has 0 fully saturated rings. The molecule has 0 aliphatic rings. The number of fused-ring (bicyclic) bond motifs is 2. The van der Waals surface area contributed by atoms with Crippen molar-refractivity contribution >= 4 is 33.5 Å². The molecule has 28 heavy (non-hydrogen) atoms. The molecular formula is C22H17N5O. The van der Waals surface area contributed by atoms with E-state index in [4.69, 9.17) is 0 Å². The van der Waals surface area contributed by atoms with Gasteiger partial charge in [-0.3, -0.25) is 9.36 Å². The van der Waals surface area contributed by atoms with Gasteiger partial charge in [-0.15, -0.1) is 0 Å². The first-order chi connectivity index (χ1) is 13.7. The highest BCUT2D eigenvalue weighted by Crippen LogP contribution is 2.20. The highest BCUT2D eigenvalue weighted by Gasteiger charge is 2.11. The number of hydrogen-bond donors (Lipinski definition) is 2. The topological polar surface area (TPSA) is 75.6 Å². The van der Waals surface area contributed by atoms with Crippen LogP contribution in [0.3, 0.4) is 0 Å². The number of carbonyl (C=O) groups excluding carboxylic acids is 1. The quantitative estimate of drug-likeness (QED) is 0.494. The lowest BCUT2D eigenvalue weighted by Gasteiger charge is -2.06. The van der Waals surface area contributed by atoms with Gasteiger partial charge >= 0.3 is 0 Å². The molecule has 0 unspecified atom stereocenters. The zero-order valence-electron chi connectivity index (χ0n) is 15.2. The minimum absolute atomic E-state index is 0.198. The lowest BCUT2D eigenvalue weighted by atomic mass is 10.2.